The van der Waals surface area contributed by atoms with E-state index in [4.69, 9.17) is 24.8 Å². The van der Waals surface area contributed by atoms with Crippen LogP contribution in [0.3, 0.4) is 0 Å². The minimum Gasteiger partial charge on any atom is -0.495 e. The van der Waals surface area contributed by atoms with Gasteiger partial charge in [0.1, 0.15) is 24.4 Å². The van der Waals surface area contributed by atoms with Gasteiger partial charge in [-0.2, -0.15) is 0 Å². The lowest BCUT2D eigenvalue weighted by atomic mass is 10.0. The fourth-order valence-corrected chi connectivity index (χ4v) is 6.13. The van der Waals surface area contributed by atoms with E-state index in [1.165, 1.54) is 13.4 Å². The quantitative estimate of drug-likeness (QED) is 0.299. The Bertz CT molecular complexity index is 1030. The largest absolute Gasteiger partial charge is 0.495 e. The number of halogens is 4. The first-order chi connectivity index (χ1) is 16.1. The van der Waals surface area contributed by atoms with E-state index in [0.29, 0.717) is 35.0 Å². The summed E-state index contributed by atoms with van der Waals surface area (Å²) >= 11 is 13.5. The van der Waals surface area contributed by atoms with Crippen molar-refractivity contribution in [2.45, 2.75) is 24.4 Å². The molecule has 1 aromatic rings. The summed E-state index contributed by atoms with van der Waals surface area (Å²) < 4.78 is 18.9. The fourth-order valence-electron chi connectivity index (χ4n) is 3.15. The minimum absolute atomic E-state index is 0.0449. The summed E-state index contributed by atoms with van der Waals surface area (Å²) in [5.41, 5.74) is 5.90. The molecule has 3 rings (SSSR count). The van der Waals surface area contributed by atoms with Crippen molar-refractivity contribution in [1.82, 2.24) is 5.32 Å². The van der Waals surface area contributed by atoms with Crippen LogP contribution < -0.4 is 15.8 Å². The summed E-state index contributed by atoms with van der Waals surface area (Å²) in [5.74, 6) is -1.29. The summed E-state index contributed by atoms with van der Waals surface area (Å²) in [7, 11) is 1.49. The molecule has 1 spiro atoms. The number of oxime groups is 1. The van der Waals surface area contributed by atoms with Gasteiger partial charge in [-0.25, -0.2) is 0 Å². The highest BCUT2D eigenvalue weighted by Gasteiger charge is 2.54. The molecule has 0 aromatic heterocycles. The number of amides is 1. The summed E-state index contributed by atoms with van der Waals surface area (Å²) in [5, 5.41) is 27.1. The second-order valence-corrected chi connectivity index (χ2v) is 10.7. The molecule has 3 atom stereocenters. The number of methoxy groups -OCH3 is 1. The lowest BCUT2D eigenvalue weighted by Crippen LogP contribution is -2.49. The molecule has 0 bridgehead atoms. The molecule has 34 heavy (non-hydrogen) atoms. The van der Waals surface area contributed by atoms with Crippen LogP contribution in [-0.4, -0.2) is 60.5 Å². The Morgan fingerprint density at radius 3 is 2.65 bits per heavy atom. The van der Waals surface area contributed by atoms with E-state index in [9.17, 15) is 15.0 Å². The minimum atomic E-state index is -1.62. The topological polar surface area (TPSA) is 145 Å². The van der Waals surface area contributed by atoms with Gasteiger partial charge in [0.25, 0.3) is 5.91 Å². The maximum Gasteiger partial charge on any atom is 0.311 e. The molecule has 2 aliphatic rings. The Kier molecular flexibility index (Phi) is 9.45. The Balaban J connectivity index is 1.57. The van der Waals surface area contributed by atoms with Crippen LogP contribution >= 0.6 is 63.7 Å². The van der Waals surface area contributed by atoms with E-state index in [1.807, 2.05) is 0 Å². The molecule has 0 radical (unpaired) electrons. The van der Waals surface area contributed by atoms with Crippen molar-refractivity contribution in [3.05, 3.63) is 47.6 Å². The van der Waals surface area contributed by atoms with Crippen molar-refractivity contribution in [3.8, 4) is 5.75 Å². The first-order valence-corrected chi connectivity index (χ1v) is 13.0. The number of hydrogen-bond donors (Lipinski definition) is 4. The molecule has 1 amide bonds. The molecule has 1 unspecified atom stereocenters. The van der Waals surface area contributed by atoms with Gasteiger partial charge in [-0.05, 0) is 65.5 Å². The van der Waals surface area contributed by atoms with Crippen molar-refractivity contribution < 1.29 is 34.1 Å². The smallest absolute Gasteiger partial charge is 0.311 e. The second kappa shape index (κ2) is 11.7. The number of carbonyl (C=O) groups is 1. The Morgan fingerprint density at radius 1 is 1.35 bits per heavy atom. The number of carbonyl (C=O) groups excluding carboxylic acids is 1. The van der Waals surface area contributed by atoms with Crippen molar-refractivity contribution in [1.29, 1.82) is 0 Å². The molecular weight excluding hydrogens is 714 g/mol. The number of aliphatic hydroxyl groups is 2. The second-order valence-electron chi connectivity index (χ2n) is 7.15. The lowest BCUT2D eigenvalue weighted by molar-refractivity contribution is -0.225. The molecule has 2 heterocycles. The predicted molar refractivity (Wildman–Crippen MR) is 137 cm³/mol. The molecule has 0 saturated carbocycles. The lowest BCUT2D eigenvalue weighted by Gasteiger charge is -2.27. The zero-order valence-electron chi connectivity index (χ0n) is 17.7. The van der Waals surface area contributed by atoms with Gasteiger partial charge in [0.15, 0.2) is 11.8 Å². The van der Waals surface area contributed by atoms with Crippen molar-refractivity contribution >= 4 is 75.3 Å². The van der Waals surface area contributed by atoms with Crippen molar-refractivity contribution in [3.63, 3.8) is 0 Å². The summed E-state index contributed by atoms with van der Waals surface area (Å²) in [6.07, 6.45) is -0.896. The van der Waals surface area contributed by atoms with E-state index in [1.54, 1.807) is 12.1 Å². The Morgan fingerprint density at radius 2 is 2.03 bits per heavy atom. The monoisotopic (exact) mass is 731 g/mol. The van der Waals surface area contributed by atoms with Gasteiger partial charge < -0.3 is 40.3 Å². The third-order valence-electron chi connectivity index (χ3n) is 4.90. The highest BCUT2D eigenvalue weighted by Crippen LogP contribution is 2.41. The van der Waals surface area contributed by atoms with Gasteiger partial charge in [0.2, 0.25) is 0 Å². The SMILES string of the molecule is COC1=C(Br)C[C@]2(OC=C1Br)ON=C(C(=O)NCCOc1c(Br)cc(C(O)CN)cc1Br)[C@@H]2O. The van der Waals surface area contributed by atoms with Crippen LogP contribution in [0.4, 0.5) is 0 Å². The average molecular weight is 735 g/mol. The zero-order valence-corrected chi connectivity index (χ0v) is 24.0. The molecule has 186 valence electrons. The normalized spacial score (nSPS) is 22.9. The average Bonchev–Trinajstić information content (AvgIpc) is 3.05. The molecule has 1 aromatic carbocycles. The highest BCUT2D eigenvalue weighted by atomic mass is 79.9. The molecule has 0 aliphatic carbocycles. The van der Waals surface area contributed by atoms with Gasteiger partial charge in [-0.1, -0.05) is 21.1 Å². The van der Waals surface area contributed by atoms with Crippen LogP contribution in [0, 0.1) is 0 Å². The molecule has 14 heteroatoms. The number of nitrogens with two attached hydrogens (primary N) is 1. The number of nitrogens with one attached hydrogen (secondary N) is 1. The van der Waals surface area contributed by atoms with Crippen LogP contribution in [0.15, 0.2) is 47.2 Å². The van der Waals surface area contributed by atoms with Gasteiger partial charge in [-0.3, -0.25) is 4.79 Å². The van der Waals surface area contributed by atoms with Crippen LogP contribution in [-0.2, 0) is 19.1 Å². The van der Waals surface area contributed by atoms with Gasteiger partial charge in [-0.15, -0.1) is 0 Å². The number of benzene rings is 1. The van der Waals surface area contributed by atoms with Gasteiger partial charge in [0, 0.05) is 11.0 Å². The zero-order chi connectivity index (χ0) is 25.0. The standard InChI is InChI=1S/C20H21Br4N3O7/c1-31-16-12(23)6-20(33-8-13(16)24)18(29)15(27-34-20)19(30)26-2-3-32-17-10(21)4-9(5-11(17)22)14(28)7-25/h4-5,8,14,18,28-29H,2-3,6-7,25H2,1H3,(H,26,30)/t14?,18-,20-/m0/s1. The summed E-state index contributed by atoms with van der Waals surface area (Å²) in [6, 6.07) is 3.41. The van der Waals surface area contributed by atoms with E-state index < -0.39 is 23.9 Å². The number of aliphatic hydroxyl groups excluding tert-OH is 2. The number of ether oxygens (including phenoxy) is 3. The van der Waals surface area contributed by atoms with E-state index in [-0.39, 0.29) is 31.8 Å². The summed E-state index contributed by atoms with van der Waals surface area (Å²) in [6.45, 7) is 0.327. The predicted octanol–water partition coefficient (Wildman–Crippen LogP) is 3.05. The number of hydrogen-bond acceptors (Lipinski definition) is 9. The fraction of sp³-hybridized carbons (Fsp3) is 0.400. The van der Waals surface area contributed by atoms with Gasteiger partial charge in [0.05, 0.1) is 39.6 Å². The maximum atomic E-state index is 12.6. The van der Waals surface area contributed by atoms with E-state index >= 15 is 0 Å². The molecule has 0 fully saturated rings. The van der Waals surface area contributed by atoms with Crippen LogP contribution in [0.25, 0.3) is 0 Å². The highest BCUT2D eigenvalue weighted by molar-refractivity contribution is 9.12. The van der Waals surface area contributed by atoms with Crippen LogP contribution in [0.5, 0.6) is 5.75 Å². The van der Waals surface area contributed by atoms with E-state index in [0.717, 1.165) is 0 Å². The first-order valence-electron chi connectivity index (χ1n) is 9.82. The van der Waals surface area contributed by atoms with Crippen LogP contribution in [0.2, 0.25) is 0 Å². The first kappa shape index (κ1) is 27.4. The molecular formula is C20H21Br4N3O7. The molecule has 10 nitrogen and oxygen atoms in total. The Labute approximate surface area is 229 Å². The van der Waals surface area contributed by atoms with Gasteiger partial charge >= 0.3 is 5.79 Å². The molecule has 2 aliphatic heterocycles. The summed E-state index contributed by atoms with van der Waals surface area (Å²) in [4.78, 5) is 18.0. The van der Waals surface area contributed by atoms with E-state index in [2.05, 4.69) is 74.2 Å². The van der Waals surface area contributed by atoms with Crippen LogP contribution in [0.1, 0.15) is 18.1 Å². The Hall–Kier alpha value is -1.16. The van der Waals surface area contributed by atoms with Crippen molar-refractivity contribution in [2.24, 2.45) is 10.9 Å². The number of rotatable bonds is 8. The molecule has 5 N–H and O–H groups in total. The third-order valence-corrected chi connectivity index (χ3v) is 7.27. The third kappa shape index (κ3) is 5.79. The number of allylic oxidation sites excluding steroid dienone is 1. The molecule has 0 saturated heterocycles. The number of nitrogens with zero attached hydrogens (tertiary/aromatic N) is 1. The maximum absolute atomic E-state index is 12.6. The van der Waals surface area contributed by atoms with Crippen molar-refractivity contribution in [2.75, 3.05) is 26.8 Å².